The first kappa shape index (κ1) is 12.7. The fraction of sp³-hybridized carbons (Fsp3) is 0.500. The summed E-state index contributed by atoms with van der Waals surface area (Å²) in [6, 6.07) is 0. The molecule has 0 fully saturated rings. The highest BCUT2D eigenvalue weighted by Gasteiger charge is 1.78. The molecule has 3 N–H and O–H groups in total. The zero-order chi connectivity index (χ0) is 9.11. The maximum atomic E-state index is 9.37. The van der Waals surface area contributed by atoms with Crippen molar-refractivity contribution in [3.63, 3.8) is 0 Å². The summed E-state index contributed by atoms with van der Waals surface area (Å²) in [6.45, 7) is 2.60. The summed E-state index contributed by atoms with van der Waals surface area (Å²) in [5.74, 6) is 0. The topological polar surface area (TPSA) is 95.5 Å². The van der Waals surface area contributed by atoms with Crippen LogP contribution < -0.4 is 10.0 Å². The number of carbonyl (C=O) groups is 2. The van der Waals surface area contributed by atoms with Crippen molar-refractivity contribution in [3.05, 3.63) is 0 Å². The van der Waals surface area contributed by atoms with Crippen molar-refractivity contribution in [2.24, 2.45) is 0 Å². The number of amides is 2. The quantitative estimate of drug-likeness (QED) is 0.369. The highest BCUT2D eigenvalue weighted by atomic mass is 32.2. The molecule has 0 aromatic carbocycles. The lowest BCUT2D eigenvalue weighted by Gasteiger charge is -1.79. The fourth-order valence-corrected chi connectivity index (χ4v) is 0.207. The third-order valence-electron chi connectivity index (χ3n) is 0.436. The smallest absolute Gasteiger partial charge is 0.261 e. The molecular formula is C4H10N2O4S. The lowest BCUT2D eigenvalue weighted by molar-refractivity contribution is -0.109. The van der Waals surface area contributed by atoms with Gasteiger partial charge in [-0.25, -0.2) is 4.21 Å². The van der Waals surface area contributed by atoms with Gasteiger partial charge in [-0.2, -0.15) is 0 Å². The van der Waals surface area contributed by atoms with Crippen LogP contribution in [0.2, 0.25) is 0 Å². The molecule has 11 heavy (non-hydrogen) atoms. The summed E-state index contributed by atoms with van der Waals surface area (Å²) in [4.78, 5) is 18.4. The molecule has 1 unspecified atom stereocenters. The first-order valence-corrected chi connectivity index (χ1v) is 3.77. The standard InChI is InChI=1S/C3H7NO.CH3NO3S/c1-2-4-3-5;3-1-2-6(4)5/h3H,2H2,1H3,(H,4,5);1H,(H,2,3)(H,4,5). The van der Waals surface area contributed by atoms with E-state index >= 15 is 0 Å². The van der Waals surface area contributed by atoms with E-state index in [0.717, 1.165) is 6.54 Å². The van der Waals surface area contributed by atoms with Crippen LogP contribution in [0.4, 0.5) is 0 Å². The molecule has 1 atom stereocenters. The minimum atomic E-state index is -2.18. The van der Waals surface area contributed by atoms with Gasteiger partial charge >= 0.3 is 0 Å². The molecule has 0 aromatic rings. The summed E-state index contributed by atoms with van der Waals surface area (Å²) in [5.41, 5.74) is 0. The molecule has 0 heterocycles. The van der Waals surface area contributed by atoms with Gasteiger partial charge in [0, 0.05) is 6.54 Å². The van der Waals surface area contributed by atoms with Crippen molar-refractivity contribution in [1.29, 1.82) is 0 Å². The highest BCUT2D eigenvalue weighted by molar-refractivity contribution is 7.77. The maximum absolute atomic E-state index is 9.37. The molecule has 0 aliphatic carbocycles. The van der Waals surface area contributed by atoms with Gasteiger partial charge in [0.1, 0.15) is 0 Å². The van der Waals surface area contributed by atoms with Crippen molar-refractivity contribution in [2.75, 3.05) is 6.54 Å². The van der Waals surface area contributed by atoms with E-state index in [4.69, 9.17) is 9.35 Å². The molecule has 0 rings (SSSR count). The average molecular weight is 182 g/mol. The fourth-order valence-electron chi connectivity index (χ4n) is 0.124. The number of carbonyl (C=O) groups excluding carboxylic acids is 2. The van der Waals surface area contributed by atoms with Gasteiger partial charge in [-0.15, -0.1) is 0 Å². The van der Waals surface area contributed by atoms with Gasteiger partial charge in [0.25, 0.3) is 11.3 Å². The van der Waals surface area contributed by atoms with E-state index in [1.807, 2.05) is 6.92 Å². The molecule has 0 bridgehead atoms. The second kappa shape index (κ2) is 11.8. The molecule has 0 saturated carbocycles. The predicted octanol–water partition coefficient (Wildman–Crippen LogP) is -1.38. The second-order valence-electron chi connectivity index (χ2n) is 1.16. The summed E-state index contributed by atoms with van der Waals surface area (Å²) < 4.78 is 18.6. The van der Waals surface area contributed by atoms with Crippen molar-refractivity contribution >= 4 is 24.1 Å². The molecule has 0 saturated heterocycles. The first-order chi connectivity index (χ1) is 5.18. The van der Waals surface area contributed by atoms with Crippen LogP contribution in [0, 0.1) is 0 Å². The molecule has 6 nitrogen and oxygen atoms in total. The Morgan fingerprint density at radius 3 is 2.00 bits per heavy atom. The minimum Gasteiger partial charge on any atom is -0.359 e. The number of rotatable bonds is 4. The van der Waals surface area contributed by atoms with Crippen LogP contribution in [0.15, 0.2) is 0 Å². The minimum absolute atomic E-state index is 0.149. The molecule has 0 spiro atoms. The molecule has 0 aliphatic heterocycles. The largest absolute Gasteiger partial charge is 0.359 e. The van der Waals surface area contributed by atoms with Gasteiger partial charge in [0.2, 0.25) is 12.8 Å². The van der Waals surface area contributed by atoms with Gasteiger partial charge in [-0.3, -0.25) is 18.9 Å². The SMILES string of the molecule is CCNC=O.O=CNS(=O)O. The Morgan fingerprint density at radius 2 is 2.00 bits per heavy atom. The molecule has 0 aliphatic rings. The Morgan fingerprint density at radius 1 is 1.45 bits per heavy atom. The Bertz CT molecular complexity index is 129. The summed E-state index contributed by atoms with van der Waals surface area (Å²) in [5, 5.41) is 2.43. The van der Waals surface area contributed by atoms with Crippen LogP contribution in [-0.2, 0) is 20.9 Å². The number of nitrogens with one attached hydrogen (secondary N) is 2. The second-order valence-corrected chi connectivity index (χ2v) is 1.89. The number of hydrogen-bond acceptors (Lipinski definition) is 3. The molecule has 2 amide bonds. The summed E-state index contributed by atoms with van der Waals surface area (Å²) in [6.07, 6.45) is 0.829. The van der Waals surface area contributed by atoms with Gasteiger partial charge < -0.3 is 5.32 Å². The molecular weight excluding hydrogens is 172 g/mol. The van der Waals surface area contributed by atoms with Gasteiger partial charge in [-0.1, -0.05) is 0 Å². The van der Waals surface area contributed by atoms with Crippen LogP contribution in [0.3, 0.4) is 0 Å². The normalized spacial score (nSPS) is 10.0. The van der Waals surface area contributed by atoms with Gasteiger partial charge in [-0.05, 0) is 6.92 Å². The third-order valence-corrected chi connectivity index (χ3v) is 0.734. The van der Waals surface area contributed by atoms with E-state index in [1.165, 1.54) is 0 Å². The lowest BCUT2D eigenvalue weighted by atomic mass is 10.8. The van der Waals surface area contributed by atoms with Crippen LogP contribution in [-0.4, -0.2) is 28.1 Å². The van der Waals surface area contributed by atoms with Crippen molar-refractivity contribution < 1.29 is 18.4 Å². The Kier molecular flexibility index (Phi) is 13.6. The summed E-state index contributed by atoms with van der Waals surface area (Å²) >= 11 is -2.18. The van der Waals surface area contributed by atoms with Crippen LogP contribution in [0.5, 0.6) is 0 Å². The van der Waals surface area contributed by atoms with Crippen LogP contribution in [0.1, 0.15) is 6.92 Å². The zero-order valence-electron chi connectivity index (χ0n) is 5.94. The molecule has 7 heteroatoms. The van der Waals surface area contributed by atoms with Crippen molar-refractivity contribution in [3.8, 4) is 0 Å². The maximum Gasteiger partial charge on any atom is 0.261 e. The van der Waals surface area contributed by atoms with Crippen molar-refractivity contribution in [1.82, 2.24) is 10.0 Å². The van der Waals surface area contributed by atoms with E-state index < -0.39 is 11.3 Å². The van der Waals surface area contributed by atoms with E-state index in [0.29, 0.717) is 6.41 Å². The van der Waals surface area contributed by atoms with E-state index in [-0.39, 0.29) is 6.41 Å². The molecule has 0 aromatic heterocycles. The van der Waals surface area contributed by atoms with Crippen molar-refractivity contribution in [2.45, 2.75) is 6.92 Å². The molecule has 66 valence electrons. The Labute approximate surface area is 66.8 Å². The van der Waals surface area contributed by atoms with E-state index in [1.54, 1.807) is 4.72 Å². The Balaban J connectivity index is 0. The molecule has 0 radical (unpaired) electrons. The zero-order valence-corrected chi connectivity index (χ0v) is 6.76. The summed E-state index contributed by atoms with van der Waals surface area (Å²) in [7, 11) is 0. The highest BCUT2D eigenvalue weighted by Crippen LogP contribution is 1.49. The van der Waals surface area contributed by atoms with Gasteiger partial charge in [0.15, 0.2) is 0 Å². The van der Waals surface area contributed by atoms with Crippen LogP contribution >= 0.6 is 0 Å². The monoisotopic (exact) mass is 182 g/mol. The Hall–Kier alpha value is -0.950. The van der Waals surface area contributed by atoms with E-state index in [9.17, 15) is 9.00 Å². The lowest BCUT2D eigenvalue weighted by Crippen LogP contribution is -2.12. The first-order valence-electron chi connectivity index (χ1n) is 2.66. The average Bonchev–Trinajstić information content (AvgIpc) is 1.90. The van der Waals surface area contributed by atoms with E-state index in [2.05, 4.69) is 5.32 Å². The number of hydrogen-bond donors (Lipinski definition) is 3. The predicted molar refractivity (Wildman–Crippen MR) is 39.7 cm³/mol. The van der Waals surface area contributed by atoms with Crippen LogP contribution in [0.25, 0.3) is 0 Å². The van der Waals surface area contributed by atoms with Gasteiger partial charge in [0.05, 0.1) is 0 Å². The third kappa shape index (κ3) is 27.4.